The first kappa shape index (κ1) is 26.5. The lowest BCUT2D eigenvalue weighted by atomic mass is 10.1. The molecule has 3 aromatic rings. The molecule has 0 radical (unpaired) electrons. The summed E-state index contributed by atoms with van der Waals surface area (Å²) in [5, 5.41) is 0. The largest absolute Gasteiger partial charge is 0.495 e. The van der Waals surface area contributed by atoms with Crippen molar-refractivity contribution in [2.75, 3.05) is 49.0 Å². The maximum absolute atomic E-state index is 13.8. The van der Waals surface area contributed by atoms with E-state index in [-0.39, 0.29) is 22.2 Å². The molecule has 0 spiro atoms. The van der Waals surface area contributed by atoms with Crippen LogP contribution in [0.2, 0.25) is 0 Å². The maximum atomic E-state index is 13.8. The predicted octanol–water partition coefficient (Wildman–Crippen LogP) is 4.30. The number of amides is 1. The number of ether oxygens (including phenoxy) is 1. The van der Waals surface area contributed by atoms with Gasteiger partial charge in [-0.15, -0.1) is 0 Å². The summed E-state index contributed by atoms with van der Waals surface area (Å²) >= 11 is 0. The lowest BCUT2D eigenvalue weighted by Gasteiger charge is -2.38. The van der Waals surface area contributed by atoms with Gasteiger partial charge in [-0.1, -0.05) is 18.2 Å². The number of rotatable bonds is 7. The van der Waals surface area contributed by atoms with Gasteiger partial charge >= 0.3 is 0 Å². The van der Waals surface area contributed by atoms with E-state index in [0.29, 0.717) is 26.2 Å². The lowest BCUT2D eigenvalue weighted by molar-refractivity contribution is -0.129. The topological polar surface area (TPSA) is 70.2 Å². The first-order valence-electron chi connectivity index (χ1n) is 12.1. The smallest absolute Gasteiger partial charge is 0.268 e. The van der Waals surface area contributed by atoms with Gasteiger partial charge in [0, 0.05) is 31.9 Å². The number of hydrogen-bond acceptors (Lipinski definition) is 5. The molecule has 1 aliphatic rings. The Hall–Kier alpha value is -3.59. The molecule has 196 valence electrons. The second-order valence-corrected chi connectivity index (χ2v) is 11.1. The number of nitrogens with zero attached hydrogens (tertiary/aromatic N) is 3. The van der Waals surface area contributed by atoms with Crippen molar-refractivity contribution in [3.63, 3.8) is 0 Å². The Bertz CT molecular complexity index is 1390. The van der Waals surface area contributed by atoms with Crippen LogP contribution in [0, 0.1) is 26.6 Å². The highest BCUT2D eigenvalue weighted by Crippen LogP contribution is 2.31. The summed E-state index contributed by atoms with van der Waals surface area (Å²) in [6.07, 6.45) is 0. The molecule has 37 heavy (non-hydrogen) atoms. The van der Waals surface area contributed by atoms with E-state index in [1.807, 2.05) is 6.07 Å². The highest BCUT2D eigenvalue weighted by molar-refractivity contribution is 7.93. The second-order valence-electron chi connectivity index (χ2n) is 9.23. The average molecular weight is 526 g/mol. The summed E-state index contributed by atoms with van der Waals surface area (Å²) in [7, 11) is -2.81. The Morgan fingerprint density at radius 3 is 2.30 bits per heavy atom. The van der Waals surface area contributed by atoms with Crippen LogP contribution < -0.4 is 13.9 Å². The molecule has 0 unspecified atom stereocenters. The summed E-state index contributed by atoms with van der Waals surface area (Å²) in [5.41, 5.74) is 4.50. The predicted molar refractivity (Wildman–Crippen MR) is 143 cm³/mol. The molecule has 0 bridgehead atoms. The third-order valence-corrected chi connectivity index (χ3v) is 8.62. The van der Waals surface area contributed by atoms with Crippen LogP contribution in [-0.2, 0) is 14.8 Å². The number of sulfonamides is 1. The molecule has 0 saturated carbocycles. The molecular weight excluding hydrogens is 493 g/mol. The third kappa shape index (κ3) is 5.56. The fraction of sp³-hybridized carbons (Fsp3) is 0.321. The van der Waals surface area contributed by atoms with E-state index in [1.165, 1.54) is 48.6 Å². The first-order chi connectivity index (χ1) is 17.6. The first-order valence-corrected chi connectivity index (χ1v) is 13.6. The Labute approximate surface area is 218 Å². The van der Waals surface area contributed by atoms with Crippen molar-refractivity contribution in [3.05, 3.63) is 83.2 Å². The highest BCUT2D eigenvalue weighted by atomic mass is 32.2. The third-order valence-electron chi connectivity index (χ3n) is 6.83. The van der Waals surface area contributed by atoms with Crippen LogP contribution in [0.25, 0.3) is 0 Å². The standard InChI is InChI=1S/C28H32FN3O4S/c1-20-8-13-26(36-4)27(18-20)37(34,35)32(24-11-9-23(29)10-12-24)19-28(33)31-16-14-30(15-17-31)25-7-5-6-21(2)22(25)3/h5-13,18H,14-17,19H2,1-4H3. The number of halogens is 1. The fourth-order valence-corrected chi connectivity index (χ4v) is 6.18. The quantitative estimate of drug-likeness (QED) is 0.460. The summed E-state index contributed by atoms with van der Waals surface area (Å²) in [6, 6.07) is 16.1. The normalized spacial score (nSPS) is 14.0. The Morgan fingerprint density at radius 2 is 1.65 bits per heavy atom. The molecule has 0 N–H and O–H groups in total. The van der Waals surface area contributed by atoms with Gasteiger partial charge in [0.25, 0.3) is 10.0 Å². The van der Waals surface area contributed by atoms with Gasteiger partial charge in [-0.2, -0.15) is 0 Å². The number of anilines is 2. The molecule has 4 rings (SSSR count). The number of piperazine rings is 1. The summed E-state index contributed by atoms with van der Waals surface area (Å²) < 4.78 is 47.7. The number of carbonyl (C=O) groups excluding carboxylic acids is 1. The minimum Gasteiger partial charge on any atom is -0.495 e. The molecule has 1 saturated heterocycles. The van der Waals surface area contributed by atoms with Gasteiger partial charge in [-0.3, -0.25) is 9.10 Å². The van der Waals surface area contributed by atoms with Crippen LogP contribution >= 0.6 is 0 Å². The molecule has 9 heteroatoms. The van der Waals surface area contributed by atoms with E-state index in [2.05, 4.69) is 30.9 Å². The van der Waals surface area contributed by atoms with Crippen molar-refractivity contribution in [1.82, 2.24) is 4.90 Å². The zero-order valence-electron chi connectivity index (χ0n) is 21.6. The SMILES string of the molecule is COc1ccc(C)cc1S(=O)(=O)N(CC(=O)N1CCN(c2cccc(C)c2C)CC1)c1ccc(F)cc1. The minimum atomic E-state index is -4.20. The van der Waals surface area contributed by atoms with E-state index in [0.717, 1.165) is 15.6 Å². The Kier molecular flexibility index (Phi) is 7.73. The zero-order valence-corrected chi connectivity index (χ0v) is 22.4. The van der Waals surface area contributed by atoms with Crippen molar-refractivity contribution in [2.45, 2.75) is 25.7 Å². The van der Waals surface area contributed by atoms with E-state index < -0.39 is 22.4 Å². The van der Waals surface area contributed by atoms with Crippen LogP contribution in [0.15, 0.2) is 65.6 Å². The van der Waals surface area contributed by atoms with Gasteiger partial charge in [0.1, 0.15) is 23.0 Å². The molecule has 1 aliphatic heterocycles. The molecule has 0 atom stereocenters. The molecule has 1 fully saturated rings. The van der Waals surface area contributed by atoms with E-state index in [1.54, 1.807) is 24.0 Å². The van der Waals surface area contributed by atoms with Crippen LogP contribution in [-0.4, -0.2) is 59.1 Å². The number of carbonyl (C=O) groups is 1. The number of aryl methyl sites for hydroxylation is 2. The minimum absolute atomic E-state index is 0.0492. The fourth-order valence-electron chi connectivity index (χ4n) is 4.52. The molecule has 1 amide bonds. The molecule has 3 aromatic carbocycles. The number of hydrogen-bond donors (Lipinski definition) is 0. The Morgan fingerprint density at radius 1 is 0.973 bits per heavy atom. The summed E-state index contributed by atoms with van der Waals surface area (Å²) in [6.45, 7) is 7.76. The molecule has 1 heterocycles. The van der Waals surface area contributed by atoms with Gasteiger partial charge in [-0.25, -0.2) is 12.8 Å². The van der Waals surface area contributed by atoms with E-state index in [4.69, 9.17) is 4.74 Å². The number of benzene rings is 3. The highest BCUT2D eigenvalue weighted by Gasteiger charge is 2.32. The molecular formula is C28H32FN3O4S. The van der Waals surface area contributed by atoms with Crippen molar-refractivity contribution in [1.29, 1.82) is 0 Å². The monoisotopic (exact) mass is 525 g/mol. The van der Waals surface area contributed by atoms with Gasteiger partial charge in [0.05, 0.1) is 12.8 Å². The van der Waals surface area contributed by atoms with Crippen LogP contribution in [0.5, 0.6) is 5.75 Å². The van der Waals surface area contributed by atoms with Gasteiger partial charge in [0.2, 0.25) is 5.91 Å². The van der Waals surface area contributed by atoms with Gasteiger partial charge in [0.15, 0.2) is 0 Å². The molecule has 7 nitrogen and oxygen atoms in total. The van der Waals surface area contributed by atoms with Crippen molar-refractivity contribution >= 4 is 27.3 Å². The maximum Gasteiger partial charge on any atom is 0.268 e. The zero-order chi connectivity index (χ0) is 26.7. The van der Waals surface area contributed by atoms with Crippen LogP contribution in [0.3, 0.4) is 0 Å². The average Bonchev–Trinajstić information content (AvgIpc) is 2.89. The summed E-state index contributed by atoms with van der Waals surface area (Å²) in [4.78, 5) is 17.3. The molecule has 0 aliphatic carbocycles. The second kappa shape index (κ2) is 10.8. The summed E-state index contributed by atoms with van der Waals surface area (Å²) in [5.74, 6) is -0.643. The lowest BCUT2D eigenvalue weighted by Crippen LogP contribution is -2.52. The van der Waals surface area contributed by atoms with Crippen molar-refractivity contribution in [3.8, 4) is 5.75 Å². The van der Waals surface area contributed by atoms with E-state index >= 15 is 0 Å². The van der Waals surface area contributed by atoms with Crippen molar-refractivity contribution < 1.29 is 22.3 Å². The van der Waals surface area contributed by atoms with E-state index in [9.17, 15) is 17.6 Å². The van der Waals surface area contributed by atoms with Gasteiger partial charge < -0.3 is 14.5 Å². The van der Waals surface area contributed by atoms with Gasteiger partial charge in [-0.05, 0) is 79.9 Å². The number of methoxy groups -OCH3 is 1. The van der Waals surface area contributed by atoms with Crippen LogP contribution in [0.1, 0.15) is 16.7 Å². The van der Waals surface area contributed by atoms with Crippen LogP contribution in [0.4, 0.5) is 15.8 Å². The molecule has 0 aromatic heterocycles. The Balaban J connectivity index is 1.59. The van der Waals surface area contributed by atoms with Crippen molar-refractivity contribution in [2.24, 2.45) is 0 Å².